The zero-order chi connectivity index (χ0) is 14.0. The molecule has 0 amide bonds. The van der Waals surface area contributed by atoms with Gasteiger partial charge in [0, 0.05) is 43.0 Å². The maximum absolute atomic E-state index is 4.42. The smallest absolute Gasteiger partial charge is 0.0924 e. The van der Waals surface area contributed by atoms with E-state index >= 15 is 0 Å². The summed E-state index contributed by atoms with van der Waals surface area (Å²) in [5, 5.41) is 11.1. The van der Waals surface area contributed by atoms with Crippen LogP contribution in [0.4, 0.5) is 0 Å². The number of nitrogens with zero attached hydrogens (tertiary/aromatic N) is 2. The summed E-state index contributed by atoms with van der Waals surface area (Å²) in [7, 11) is 0. The first kappa shape index (κ1) is 13.3. The van der Waals surface area contributed by atoms with Crippen molar-refractivity contribution >= 4 is 0 Å². The minimum Gasteiger partial charge on any atom is -0.309 e. The van der Waals surface area contributed by atoms with Crippen molar-refractivity contribution in [3.8, 4) is 11.3 Å². The fraction of sp³-hybridized carbons (Fsp3) is 0.438. The van der Waals surface area contributed by atoms with E-state index < -0.39 is 0 Å². The lowest BCUT2D eigenvalue weighted by molar-refractivity contribution is 0.147. The highest BCUT2D eigenvalue weighted by Crippen LogP contribution is 2.19. The van der Waals surface area contributed by atoms with Crippen molar-refractivity contribution in [3.63, 3.8) is 0 Å². The highest BCUT2D eigenvalue weighted by atomic mass is 15.2. The largest absolute Gasteiger partial charge is 0.309 e. The Hall–Kier alpha value is -1.65. The summed E-state index contributed by atoms with van der Waals surface area (Å²) < 4.78 is 0. The summed E-state index contributed by atoms with van der Waals surface area (Å²) in [4.78, 5) is 2.47. The van der Waals surface area contributed by atoms with Gasteiger partial charge in [0.05, 0.1) is 5.69 Å². The van der Waals surface area contributed by atoms with Crippen LogP contribution in [0.15, 0.2) is 36.4 Å². The molecule has 1 aliphatic rings. The zero-order valence-corrected chi connectivity index (χ0v) is 12.2. The van der Waals surface area contributed by atoms with Gasteiger partial charge in [-0.25, -0.2) is 0 Å². The van der Waals surface area contributed by atoms with Crippen molar-refractivity contribution in [3.05, 3.63) is 42.1 Å². The van der Waals surface area contributed by atoms with Crippen LogP contribution in [-0.2, 0) is 6.54 Å². The van der Waals surface area contributed by atoms with Crippen LogP contribution in [0.2, 0.25) is 0 Å². The third-order valence-corrected chi connectivity index (χ3v) is 3.74. The Morgan fingerprint density at radius 1 is 1.25 bits per heavy atom. The van der Waals surface area contributed by atoms with Crippen molar-refractivity contribution < 1.29 is 0 Å². The molecule has 1 saturated heterocycles. The monoisotopic (exact) mass is 270 g/mol. The van der Waals surface area contributed by atoms with Crippen molar-refractivity contribution in [2.75, 3.05) is 19.6 Å². The Labute approximate surface area is 120 Å². The Morgan fingerprint density at radius 2 is 2.05 bits per heavy atom. The van der Waals surface area contributed by atoms with Crippen LogP contribution >= 0.6 is 0 Å². The summed E-state index contributed by atoms with van der Waals surface area (Å²) in [5.41, 5.74) is 3.56. The minimum absolute atomic E-state index is 0.195. The highest BCUT2D eigenvalue weighted by molar-refractivity contribution is 5.58. The quantitative estimate of drug-likeness (QED) is 0.899. The van der Waals surface area contributed by atoms with Gasteiger partial charge in [-0.1, -0.05) is 30.3 Å². The Kier molecular flexibility index (Phi) is 3.59. The average Bonchev–Trinajstić information content (AvgIpc) is 2.87. The molecule has 2 aromatic rings. The second-order valence-electron chi connectivity index (χ2n) is 6.17. The first-order chi connectivity index (χ1) is 9.62. The average molecular weight is 270 g/mol. The number of hydrogen-bond donors (Lipinski definition) is 2. The van der Waals surface area contributed by atoms with E-state index in [0.717, 1.165) is 37.4 Å². The number of H-pyrrole nitrogens is 1. The van der Waals surface area contributed by atoms with Crippen LogP contribution in [0.3, 0.4) is 0 Å². The van der Waals surface area contributed by atoms with E-state index in [9.17, 15) is 0 Å². The van der Waals surface area contributed by atoms with E-state index in [-0.39, 0.29) is 5.54 Å². The molecule has 2 N–H and O–H groups in total. The van der Waals surface area contributed by atoms with Crippen LogP contribution in [0.1, 0.15) is 19.5 Å². The van der Waals surface area contributed by atoms with Crippen molar-refractivity contribution in [2.45, 2.75) is 25.9 Å². The van der Waals surface area contributed by atoms with Crippen molar-refractivity contribution in [1.29, 1.82) is 0 Å². The number of piperazine rings is 1. The molecule has 2 heterocycles. The van der Waals surface area contributed by atoms with Crippen LogP contribution < -0.4 is 5.32 Å². The van der Waals surface area contributed by atoms with E-state index in [1.165, 1.54) is 5.69 Å². The van der Waals surface area contributed by atoms with Gasteiger partial charge in [-0.15, -0.1) is 0 Å². The molecule has 3 rings (SSSR count). The fourth-order valence-corrected chi connectivity index (χ4v) is 2.82. The summed E-state index contributed by atoms with van der Waals surface area (Å²) >= 11 is 0. The first-order valence-electron chi connectivity index (χ1n) is 7.19. The number of rotatable bonds is 3. The number of aromatic nitrogens is 2. The van der Waals surface area contributed by atoms with E-state index in [4.69, 9.17) is 0 Å². The molecule has 0 bridgehead atoms. The maximum atomic E-state index is 4.42. The summed E-state index contributed by atoms with van der Waals surface area (Å²) in [6.45, 7) is 8.64. The summed E-state index contributed by atoms with van der Waals surface area (Å²) in [6, 6.07) is 12.5. The summed E-state index contributed by atoms with van der Waals surface area (Å²) in [6.07, 6.45) is 0. The SMILES string of the molecule is CC1(C)CN(Cc2cc(-c3ccccc3)n[nH]2)CCN1. The molecule has 20 heavy (non-hydrogen) atoms. The standard InChI is InChI=1S/C16H22N4/c1-16(2)12-20(9-8-17-16)11-14-10-15(19-18-14)13-6-4-3-5-7-13/h3-7,10,17H,8-9,11-12H2,1-2H3,(H,18,19). The molecular weight excluding hydrogens is 248 g/mol. The van der Waals surface area contributed by atoms with E-state index in [2.05, 4.69) is 52.5 Å². The molecule has 4 heteroatoms. The lowest BCUT2D eigenvalue weighted by atomic mass is 10.0. The molecule has 0 unspecified atom stereocenters. The lowest BCUT2D eigenvalue weighted by Gasteiger charge is -2.38. The van der Waals surface area contributed by atoms with Gasteiger partial charge in [0.15, 0.2) is 0 Å². The first-order valence-corrected chi connectivity index (χ1v) is 7.19. The van der Waals surface area contributed by atoms with Gasteiger partial charge in [0.2, 0.25) is 0 Å². The normalized spacial score (nSPS) is 19.1. The van der Waals surface area contributed by atoms with E-state index in [0.29, 0.717) is 0 Å². The molecule has 1 aromatic carbocycles. The molecule has 1 aliphatic heterocycles. The van der Waals surface area contributed by atoms with Crippen molar-refractivity contribution in [1.82, 2.24) is 20.4 Å². The molecule has 1 aromatic heterocycles. The molecule has 106 valence electrons. The molecule has 0 atom stereocenters. The number of hydrogen-bond acceptors (Lipinski definition) is 3. The molecule has 1 fully saturated rings. The molecular formula is C16H22N4. The number of aromatic amines is 1. The van der Waals surface area contributed by atoms with Gasteiger partial charge in [0.1, 0.15) is 0 Å². The number of benzene rings is 1. The maximum Gasteiger partial charge on any atom is 0.0924 e. The second kappa shape index (κ2) is 5.38. The molecule has 0 aliphatic carbocycles. The predicted octanol–water partition coefficient (Wildman–Crippen LogP) is 2.26. The predicted molar refractivity (Wildman–Crippen MR) is 81.4 cm³/mol. The van der Waals surface area contributed by atoms with Crippen LogP contribution in [0, 0.1) is 0 Å². The van der Waals surface area contributed by atoms with Gasteiger partial charge in [-0.05, 0) is 19.9 Å². The fourth-order valence-electron chi connectivity index (χ4n) is 2.82. The third kappa shape index (κ3) is 3.08. The topological polar surface area (TPSA) is 44.0 Å². The summed E-state index contributed by atoms with van der Waals surface area (Å²) in [5.74, 6) is 0. The minimum atomic E-state index is 0.195. The third-order valence-electron chi connectivity index (χ3n) is 3.74. The van der Waals surface area contributed by atoms with Crippen molar-refractivity contribution in [2.24, 2.45) is 0 Å². The molecule has 0 saturated carbocycles. The van der Waals surface area contributed by atoms with Gasteiger partial charge in [-0.2, -0.15) is 5.10 Å². The van der Waals surface area contributed by atoms with Gasteiger partial charge >= 0.3 is 0 Å². The van der Waals surface area contributed by atoms with Crippen LogP contribution in [0.5, 0.6) is 0 Å². The van der Waals surface area contributed by atoms with Gasteiger partial charge in [-0.3, -0.25) is 10.00 Å². The van der Waals surface area contributed by atoms with E-state index in [1.807, 2.05) is 18.2 Å². The Balaban J connectivity index is 1.69. The van der Waals surface area contributed by atoms with Crippen LogP contribution in [-0.4, -0.2) is 40.3 Å². The number of nitrogens with one attached hydrogen (secondary N) is 2. The molecule has 4 nitrogen and oxygen atoms in total. The van der Waals surface area contributed by atoms with Gasteiger partial charge in [0.25, 0.3) is 0 Å². The lowest BCUT2D eigenvalue weighted by Crippen LogP contribution is -2.56. The molecule has 0 spiro atoms. The van der Waals surface area contributed by atoms with Crippen LogP contribution in [0.25, 0.3) is 11.3 Å². The van der Waals surface area contributed by atoms with Gasteiger partial charge < -0.3 is 5.32 Å². The second-order valence-corrected chi connectivity index (χ2v) is 6.17. The zero-order valence-electron chi connectivity index (χ0n) is 12.2. The van der Waals surface area contributed by atoms with E-state index in [1.54, 1.807) is 0 Å². The highest BCUT2D eigenvalue weighted by Gasteiger charge is 2.25. The Bertz CT molecular complexity index is 559. The molecule has 0 radical (unpaired) electrons. The Morgan fingerprint density at radius 3 is 2.80 bits per heavy atom.